The largest absolute Gasteiger partial charge is 0.464 e. The van der Waals surface area contributed by atoms with Crippen LogP contribution in [0.3, 0.4) is 0 Å². The van der Waals surface area contributed by atoms with Gasteiger partial charge in [0.05, 0.1) is 17.8 Å². The number of aromatic nitrogens is 2. The summed E-state index contributed by atoms with van der Waals surface area (Å²) in [5.41, 5.74) is 3.14. The lowest BCUT2D eigenvalue weighted by atomic mass is 10.1. The van der Waals surface area contributed by atoms with Crippen LogP contribution < -0.4 is 5.32 Å². The number of furan rings is 1. The molecule has 1 aliphatic heterocycles. The maximum absolute atomic E-state index is 12.9. The predicted molar refractivity (Wildman–Crippen MR) is 96.4 cm³/mol. The Morgan fingerprint density at radius 1 is 1.44 bits per heavy atom. The van der Waals surface area contributed by atoms with Gasteiger partial charge in [0.2, 0.25) is 0 Å². The summed E-state index contributed by atoms with van der Waals surface area (Å²) in [6.45, 7) is 8.87. The maximum atomic E-state index is 12.9. The number of urea groups is 1. The molecule has 1 aliphatic rings. The van der Waals surface area contributed by atoms with Crippen LogP contribution in [0.25, 0.3) is 0 Å². The first-order valence-corrected chi connectivity index (χ1v) is 9.08. The molecule has 0 aromatic carbocycles. The van der Waals surface area contributed by atoms with Gasteiger partial charge in [0, 0.05) is 31.3 Å². The number of nitrogens with one attached hydrogen (secondary N) is 1. The fraction of sp³-hybridized carbons (Fsp3) is 0.579. The fourth-order valence-electron chi connectivity index (χ4n) is 3.83. The van der Waals surface area contributed by atoms with Gasteiger partial charge in [-0.3, -0.25) is 4.68 Å². The highest BCUT2D eigenvalue weighted by Gasteiger charge is 2.33. The maximum Gasteiger partial charge on any atom is 0.318 e. The van der Waals surface area contributed by atoms with Crippen LogP contribution in [-0.4, -0.2) is 27.3 Å². The quantitative estimate of drug-likeness (QED) is 0.917. The molecule has 0 saturated carbocycles. The summed E-state index contributed by atoms with van der Waals surface area (Å²) in [5, 5.41) is 7.59. The van der Waals surface area contributed by atoms with E-state index < -0.39 is 0 Å². The van der Waals surface area contributed by atoms with Crippen molar-refractivity contribution < 1.29 is 9.21 Å². The zero-order valence-electron chi connectivity index (χ0n) is 15.8. The van der Waals surface area contributed by atoms with Gasteiger partial charge in [0.25, 0.3) is 0 Å². The van der Waals surface area contributed by atoms with Crippen LogP contribution in [0, 0.1) is 13.8 Å². The average molecular weight is 344 g/mol. The molecule has 0 spiro atoms. The first-order valence-electron chi connectivity index (χ1n) is 9.08. The molecule has 1 fully saturated rings. The highest BCUT2D eigenvalue weighted by Crippen LogP contribution is 2.33. The molecule has 2 aromatic heterocycles. The Hall–Kier alpha value is -2.24. The average Bonchev–Trinajstić information content (AvgIpc) is 3.27. The molecule has 2 aromatic rings. The van der Waals surface area contributed by atoms with E-state index in [1.807, 2.05) is 49.5 Å². The molecular formula is C19H28N4O2. The molecule has 6 nitrogen and oxygen atoms in total. The first-order chi connectivity index (χ1) is 11.9. The molecule has 25 heavy (non-hydrogen) atoms. The molecule has 0 unspecified atom stereocenters. The molecule has 0 bridgehead atoms. The number of hydrogen-bond acceptors (Lipinski definition) is 3. The van der Waals surface area contributed by atoms with E-state index in [4.69, 9.17) is 4.42 Å². The molecule has 6 heteroatoms. The predicted octanol–water partition coefficient (Wildman–Crippen LogP) is 3.80. The van der Waals surface area contributed by atoms with Crippen LogP contribution in [0.4, 0.5) is 4.79 Å². The molecule has 1 N–H and O–H groups in total. The number of carbonyl (C=O) groups is 1. The Balaban J connectivity index is 1.73. The standard InChI is InChI=1S/C19H28N4O2/c1-6-15-9-10-17(25-15)16-8-7-11-23(16)19(24)20-12(2)18-13(3)21-22(5)14(18)4/h9-10,12,16H,6-8,11H2,1-5H3,(H,20,24)/t12-,16-/m1/s1. The molecule has 2 atom stereocenters. The Bertz CT molecular complexity index is 762. The fourth-order valence-corrected chi connectivity index (χ4v) is 3.83. The summed E-state index contributed by atoms with van der Waals surface area (Å²) in [4.78, 5) is 14.8. The van der Waals surface area contributed by atoms with E-state index >= 15 is 0 Å². The van der Waals surface area contributed by atoms with Crippen LogP contribution in [-0.2, 0) is 13.5 Å². The van der Waals surface area contributed by atoms with Gasteiger partial charge in [0.1, 0.15) is 11.5 Å². The van der Waals surface area contributed by atoms with Gasteiger partial charge in [-0.1, -0.05) is 6.92 Å². The Labute approximate surface area is 149 Å². The van der Waals surface area contributed by atoms with E-state index in [2.05, 4.69) is 17.3 Å². The van der Waals surface area contributed by atoms with Crippen LogP contribution in [0.5, 0.6) is 0 Å². The van der Waals surface area contributed by atoms with Gasteiger partial charge in [-0.25, -0.2) is 4.79 Å². The monoisotopic (exact) mass is 344 g/mol. The number of hydrogen-bond donors (Lipinski definition) is 1. The molecule has 2 amide bonds. The van der Waals surface area contributed by atoms with Gasteiger partial charge in [-0.15, -0.1) is 0 Å². The second kappa shape index (κ2) is 6.94. The van der Waals surface area contributed by atoms with Crippen LogP contribution >= 0.6 is 0 Å². The van der Waals surface area contributed by atoms with E-state index in [0.29, 0.717) is 0 Å². The highest BCUT2D eigenvalue weighted by atomic mass is 16.3. The topological polar surface area (TPSA) is 63.3 Å². The molecule has 0 radical (unpaired) electrons. The lowest BCUT2D eigenvalue weighted by molar-refractivity contribution is 0.182. The zero-order valence-corrected chi connectivity index (χ0v) is 15.8. The van der Waals surface area contributed by atoms with Crippen molar-refractivity contribution in [2.45, 2.75) is 59.0 Å². The van der Waals surface area contributed by atoms with Crippen molar-refractivity contribution in [1.29, 1.82) is 0 Å². The van der Waals surface area contributed by atoms with Crippen molar-refractivity contribution in [3.8, 4) is 0 Å². The summed E-state index contributed by atoms with van der Waals surface area (Å²) < 4.78 is 7.76. The molecule has 136 valence electrons. The summed E-state index contributed by atoms with van der Waals surface area (Å²) >= 11 is 0. The number of likely N-dealkylation sites (tertiary alicyclic amines) is 1. The Kier molecular flexibility index (Phi) is 4.88. The SMILES string of the molecule is CCc1ccc([C@H]2CCCN2C(=O)N[C@H](C)c2c(C)nn(C)c2C)o1. The third-order valence-corrected chi connectivity index (χ3v) is 5.21. The molecule has 1 saturated heterocycles. The molecule has 3 rings (SSSR count). The van der Waals surface area contributed by atoms with Crippen molar-refractivity contribution >= 4 is 6.03 Å². The van der Waals surface area contributed by atoms with E-state index in [1.54, 1.807) is 0 Å². The number of rotatable bonds is 4. The minimum Gasteiger partial charge on any atom is -0.464 e. The van der Waals surface area contributed by atoms with Gasteiger partial charge < -0.3 is 14.6 Å². The second-order valence-electron chi connectivity index (χ2n) is 6.89. The van der Waals surface area contributed by atoms with Crippen LogP contribution in [0.1, 0.15) is 67.2 Å². The number of nitrogens with zero attached hydrogens (tertiary/aromatic N) is 3. The molecule has 0 aliphatic carbocycles. The van der Waals surface area contributed by atoms with Crippen molar-refractivity contribution in [2.75, 3.05) is 6.54 Å². The number of carbonyl (C=O) groups excluding carboxylic acids is 1. The zero-order chi connectivity index (χ0) is 18.1. The number of amides is 2. The van der Waals surface area contributed by atoms with Crippen LogP contribution in [0.15, 0.2) is 16.5 Å². The second-order valence-corrected chi connectivity index (χ2v) is 6.89. The summed E-state index contributed by atoms with van der Waals surface area (Å²) in [6.07, 6.45) is 2.82. The third kappa shape index (κ3) is 3.30. The van der Waals surface area contributed by atoms with E-state index in [9.17, 15) is 4.79 Å². The van der Waals surface area contributed by atoms with Gasteiger partial charge in [0.15, 0.2) is 0 Å². The van der Waals surface area contributed by atoms with Crippen molar-refractivity contribution in [3.05, 3.63) is 40.6 Å². The summed E-state index contributed by atoms with van der Waals surface area (Å²) in [5.74, 6) is 1.86. The van der Waals surface area contributed by atoms with Gasteiger partial charge in [-0.2, -0.15) is 5.10 Å². The Morgan fingerprint density at radius 2 is 2.20 bits per heavy atom. The van der Waals surface area contributed by atoms with E-state index in [-0.39, 0.29) is 18.1 Å². The first kappa shape index (κ1) is 17.6. The summed E-state index contributed by atoms with van der Waals surface area (Å²) in [6, 6.07) is 3.93. The highest BCUT2D eigenvalue weighted by molar-refractivity contribution is 5.75. The minimum absolute atomic E-state index is 0.0311. The third-order valence-electron chi connectivity index (χ3n) is 5.21. The van der Waals surface area contributed by atoms with Crippen molar-refractivity contribution in [3.63, 3.8) is 0 Å². The number of aryl methyl sites for hydroxylation is 3. The van der Waals surface area contributed by atoms with E-state index in [1.165, 1.54) is 0 Å². The molecular weight excluding hydrogens is 316 g/mol. The van der Waals surface area contributed by atoms with Crippen molar-refractivity contribution in [1.82, 2.24) is 20.0 Å². The van der Waals surface area contributed by atoms with Gasteiger partial charge >= 0.3 is 6.03 Å². The summed E-state index contributed by atoms with van der Waals surface area (Å²) in [7, 11) is 1.93. The molecule has 3 heterocycles. The minimum atomic E-state index is -0.0785. The van der Waals surface area contributed by atoms with Crippen LogP contribution in [0.2, 0.25) is 0 Å². The lowest BCUT2D eigenvalue weighted by Crippen LogP contribution is -2.40. The smallest absolute Gasteiger partial charge is 0.318 e. The van der Waals surface area contributed by atoms with E-state index in [0.717, 1.165) is 54.3 Å². The lowest BCUT2D eigenvalue weighted by Gasteiger charge is -2.26. The van der Waals surface area contributed by atoms with Gasteiger partial charge in [-0.05, 0) is 45.7 Å². The normalized spacial score (nSPS) is 18.6. The van der Waals surface area contributed by atoms with Crippen molar-refractivity contribution in [2.24, 2.45) is 7.05 Å². The Morgan fingerprint density at radius 3 is 2.80 bits per heavy atom.